The van der Waals surface area contributed by atoms with E-state index in [-0.39, 0.29) is 0 Å². The van der Waals surface area contributed by atoms with E-state index >= 15 is 0 Å². The number of anilines is 3. The third-order valence-electron chi connectivity index (χ3n) is 17.5. The van der Waals surface area contributed by atoms with E-state index in [4.69, 9.17) is 0 Å². The van der Waals surface area contributed by atoms with Gasteiger partial charge in [0.1, 0.15) is 0 Å². The SMILES string of the molecule is c1ccc(C2(c3ccccc3)c3ccccc3-c3ccc(N(c4ccc(-c5ccc6c7ccccc7n(-c7cccc8ccccc78)c6c5)cc4)c4ccc5c(c4)C(c4ccccc4)(c4ccccc4)c4ccccc4-5)cc32)cc1. The first-order valence-electron chi connectivity index (χ1n) is 27.8. The number of nitrogens with zero attached hydrogens (tertiary/aromatic N) is 2. The molecule has 0 unspecified atom stereocenters. The molecule has 2 heteroatoms. The summed E-state index contributed by atoms with van der Waals surface area (Å²) < 4.78 is 2.46. The lowest BCUT2D eigenvalue weighted by atomic mass is 9.67. The van der Waals surface area contributed by atoms with E-state index in [1.165, 1.54) is 105 Å². The van der Waals surface area contributed by atoms with Crippen LogP contribution in [0, 0.1) is 0 Å². The van der Waals surface area contributed by atoms with Gasteiger partial charge in [-0.25, -0.2) is 0 Å². The van der Waals surface area contributed by atoms with Crippen LogP contribution in [0.3, 0.4) is 0 Å². The van der Waals surface area contributed by atoms with Gasteiger partial charge in [0, 0.05) is 33.2 Å². The maximum Gasteiger partial charge on any atom is 0.0714 e. The maximum atomic E-state index is 2.50. The quantitative estimate of drug-likeness (QED) is 0.140. The zero-order valence-corrected chi connectivity index (χ0v) is 43.9. The maximum absolute atomic E-state index is 2.50. The lowest BCUT2D eigenvalue weighted by molar-refractivity contribution is 0.767. The molecule has 0 bridgehead atoms. The Morgan fingerprint density at radius 2 is 0.662 bits per heavy atom. The fourth-order valence-corrected chi connectivity index (χ4v) is 14.2. The summed E-state index contributed by atoms with van der Waals surface area (Å²) in [5, 5.41) is 4.94. The van der Waals surface area contributed by atoms with Crippen molar-refractivity contribution in [2.45, 2.75) is 10.8 Å². The van der Waals surface area contributed by atoms with E-state index < -0.39 is 10.8 Å². The van der Waals surface area contributed by atoms with Crippen molar-refractivity contribution in [3.8, 4) is 39.1 Å². The van der Waals surface area contributed by atoms with Crippen molar-refractivity contribution in [3.63, 3.8) is 0 Å². The minimum Gasteiger partial charge on any atom is -0.310 e. The predicted octanol–water partition coefficient (Wildman–Crippen LogP) is 19.8. The second-order valence-corrected chi connectivity index (χ2v) is 21.5. The Kier molecular flexibility index (Phi) is 10.4. The first-order valence-corrected chi connectivity index (χ1v) is 27.8. The van der Waals surface area contributed by atoms with Gasteiger partial charge in [0.25, 0.3) is 0 Å². The van der Waals surface area contributed by atoms with Gasteiger partial charge in [-0.1, -0.05) is 261 Å². The average Bonchev–Trinajstić information content (AvgIpc) is 4.21. The Hall–Kier alpha value is -10.3. The van der Waals surface area contributed by atoms with E-state index in [0.717, 1.165) is 28.2 Å². The molecule has 374 valence electrons. The van der Waals surface area contributed by atoms with Gasteiger partial charge in [-0.3, -0.25) is 0 Å². The summed E-state index contributed by atoms with van der Waals surface area (Å²) in [5.74, 6) is 0. The standard InChI is InChI=1S/C78H52N2/c1-5-24-56(25-6-1)77(57-26-7-2-8-27-57)70-36-18-15-33-64(70)66-48-45-61(51-72(66)77)79(62-46-49-67-65-34-16-19-37-71(65)78(73(67)52-62,58-28-9-3-10-29-58)59-30-11-4-12-31-59)60-43-40-53(41-44-60)55-42-47-69-68-35-17-20-38-75(68)80(76(69)50-55)74-39-21-23-54-22-13-14-32-63(54)74/h1-52H. The van der Waals surface area contributed by atoms with Gasteiger partial charge in [-0.05, 0) is 138 Å². The van der Waals surface area contributed by atoms with E-state index in [1.54, 1.807) is 0 Å². The summed E-state index contributed by atoms with van der Waals surface area (Å²) in [6, 6.07) is 117. The summed E-state index contributed by atoms with van der Waals surface area (Å²) in [6.07, 6.45) is 0. The zero-order valence-electron chi connectivity index (χ0n) is 43.9. The summed E-state index contributed by atoms with van der Waals surface area (Å²) in [6.45, 7) is 0. The second kappa shape index (κ2) is 18.2. The highest BCUT2D eigenvalue weighted by atomic mass is 15.1. The van der Waals surface area contributed by atoms with Crippen LogP contribution in [0.25, 0.3) is 71.6 Å². The number of benzene rings is 13. The number of hydrogen-bond donors (Lipinski definition) is 0. The highest BCUT2D eigenvalue weighted by molar-refractivity contribution is 6.11. The van der Waals surface area contributed by atoms with Crippen LogP contribution in [0.2, 0.25) is 0 Å². The molecule has 2 aliphatic carbocycles. The highest BCUT2D eigenvalue weighted by Gasteiger charge is 2.48. The normalized spacial score (nSPS) is 13.4. The summed E-state index contributed by atoms with van der Waals surface area (Å²) >= 11 is 0. The minimum atomic E-state index is -0.567. The lowest BCUT2D eigenvalue weighted by Gasteiger charge is -2.36. The van der Waals surface area contributed by atoms with Crippen molar-refractivity contribution in [3.05, 3.63) is 360 Å². The first-order chi connectivity index (χ1) is 39.7. The summed E-state index contributed by atoms with van der Waals surface area (Å²) in [5.41, 5.74) is 23.1. The van der Waals surface area contributed by atoms with E-state index in [9.17, 15) is 0 Å². The Balaban J connectivity index is 0.919. The predicted molar refractivity (Wildman–Crippen MR) is 333 cm³/mol. The molecule has 0 saturated heterocycles. The number of para-hydroxylation sites is 1. The monoisotopic (exact) mass is 1020 g/mol. The number of hydrogen-bond acceptors (Lipinski definition) is 1. The topological polar surface area (TPSA) is 8.17 Å². The van der Waals surface area contributed by atoms with Crippen LogP contribution in [0.5, 0.6) is 0 Å². The number of fused-ring (bicyclic) bond motifs is 10. The molecule has 2 aliphatic rings. The molecule has 0 N–H and O–H groups in total. The molecule has 0 spiro atoms. The Labute approximate surface area is 466 Å². The van der Waals surface area contributed by atoms with Crippen molar-refractivity contribution in [2.75, 3.05) is 4.90 Å². The smallest absolute Gasteiger partial charge is 0.0714 e. The van der Waals surface area contributed by atoms with Gasteiger partial charge in [-0.2, -0.15) is 0 Å². The molecular weight excluding hydrogens is 965 g/mol. The minimum absolute atomic E-state index is 0.567. The van der Waals surface area contributed by atoms with Crippen molar-refractivity contribution in [2.24, 2.45) is 0 Å². The molecule has 0 amide bonds. The number of rotatable bonds is 9. The van der Waals surface area contributed by atoms with Crippen molar-refractivity contribution in [1.29, 1.82) is 0 Å². The molecule has 1 aromatic heterocycles. The first kappa shape index (κ1) is 45.9. The van der Waals surface area contributed by atoms with Gasteiger partial charge < -0.3 is 9.47 Å². The van der Waals surface area contributed by atoms with E-state index in [2.05, 4.69) is 325 Å². The molecule has 0 atom stereocenters. The third-order valence-corrected chi connectivity index (χ3v) is 17.5. The highest BCUT2D eigenvalue weighted by Crippen LogP contribution is 2.60. The van der Waals surface area contributed by atoms with Crippen LogP contribution in [-0.2, 0) is 10.8 Å². The fraction of sp³-hybridized carbons (Fsp3) is 0.0256. The van der Waals surface area contributed by atoms with Crippen LogP contribution < -0.4 is 4.90 Å². The average molecular weight is 1020 g/mol. The Morgan fingerprint density at radius 1 is 0.250 bits per heavy atom. The van der Waals surface area contributed by atoms with Crippen molar-refractivity contribution >= 4 is 49.6 Å². The molecule has 0 fully saturated rings. The molecule has 0 saturated carbocycles. The van der Waals surface area contributed by atoms with E-state index in [1.807, 2.05) is 0 Å². The largest absolute Gasteiger partial charge is 0.310 e. The summed E-state index contributed by atoms with van der Waals surface area (Å²) in [4.78, 5) is 2.50. The van der Waals surface area contributed by atoms with Gasteiger partial charge in [0.2, 0.25) is 0 Å². The zero-order chi connectivity index (χ0) is 52.8. The number of aromatic nitrogens is 1. The van der Waals surface area contributed by atoms with E-state index in [0.29, 0.717) is 0 Å². The molecule has 0 radical (unpaired) electrons. The molecule has 1 heterocycles. The molecule has 13 aromatic carbocycles. The molecule has 80 heavy (non-hydrogen) atoms. The second-order valence-electron chi connectivity index (χ2n) is 21.5. The van der Waals surface area contributed by atoms with Crippen LogP contribution in [0.4, 0.5) is 17.1 Å². The summed E-state index contributed by atoms with van der Waals surface area (Å²) in [7, 11) is 0. The van der Waals surface area contributed by atoms with Gasteiger partial charge in [0.05, 0.1) is 27.6 Å². The molecular formula is C78H52N2. The van der Waals surface area contributed by atoms with Crippen LogP contribution >= 0.6 is 0 Å². The molecule has 16 rings (SSSR count). The Bertz CT molecular complexity index is 4420. The molecule has 14 aromatic rings. The molecule has 2 nitrogen and oxygen atoms in total. The molecule has 0 aliphatic heterocycles. The van der Waals surface area contributed by atoms with Crippen LogP contribution in [0.1, 0.15) is 44.5 Å². The van der Waals surface area contributed by atoms with Crippen molar-refractivity contribution in [1.82, 2.24) is 4.57 Å². The Morgan fingerprint density at radius 3 is 1.21 bits per heavy atom. The third kappa shape index (κ3) is 6.66. The van der Waals surface area contributed by atoms with Gasteiger partial charge >= 0.3 is 0 Å². The van der Waals surface area contributed by atoms with Crippen LogP contribution in [-0.4, -0.2) is 4.57 Å². The van der Waals surface area contributed by atoms with Gasteiger partial charge in [-0.15, -0.1) is 0 Å². The van der Waals surface area contributed by atoms with Crippen LogP contribution in [0.15, 0.2) is 315 Å². The van der Waals surface area contributed by atoms with Gasteiger partial charge in [0.15, 0.2) is 0 Å². The fourth-order valence-electron chi connectivity index (χ4n) is 14.2. The lowest BCUT2D eigenvalue weighted by Crippen LogP contribution is -2.29. The van der Waals surface area contributed by atoms with Crippen molar-refractivity contribution < 1.29 is 0 Å².